The number of hydrogen-bond donors (Lipinski definition) is 0. The molecule has 218 valence electrons. The fraction of sp³-hybridized carbons (Fsp3) is 0.225. The first-order valence-corrected chi connectivity index (χ1v) is 15.6. The molecule has 2 fully saturated rings. The molecule has 5 aromatic rings. The summed E-state index contributed by atoms with van der Waals surface area (Å²) in [4.78, 5) is 14.5. The van der Waals surface area contributed by atoms with Crippen molar-refractivity contribution in [2.45, 2.75) is 44.4 Å². The van der Waals surface area contributed by atoms with Crippen LogP contribution < -0.4 is 0 Å². The Kier molecular flexibility index (Phi) is 7.32. The van der Waals surface area contributed by atoms with Crippen molar-refractivity contribution in [3.05, 3.63) is 126 Å². The Bertz CT molecular complexity index is 1980. The Morgan fingerprint density at radius 2 is 1.27 bits per heavy atom. The van der Waals surface area contributed by atoms with E-state index in [9.17, 15) is 10.5 Å². The SMILES string of the molecule is C=C1C[C@@H]2C[C@H](C)CC(c3ccc(-c4cc(C#N)cc(-c5nc(-c6ccccc6)nc(-c6ccc(C#N)cc6)n5)c4)cc3)(C1)C2. The maximum absolute atomic E-state index is 10.0. The van der Waals surface area contributed by atoms with Gasteiger partial charge >= 0.3 is 0 Å². The van der Waals surface area contributed by atoms with Crippen LogP contribution in [0.5, 0.6) is 0 Å². The van der Waals surface area contributed by atoms with Crippen LogP contribution in [0.3, 0.4) is 0 Å². The Labute approximate surface area is 264 Å². The van der Waals surface area contributed by atoms with Crippen molar-refractivity contribution >= 4 is 0 Å². The molecule has 2 saturated carbocycles. The lowest BCUT2D eigenvalue weighted by molar-refractivity contribution is 0.139. The van der Waals surface area contributed by atoms with Crippen molar-refractivity contribution in [2.75, 3.05) is 0 Å². The van der Waals surface area contributed by atoms with Gasteiger partial charge in [0.05, 0.1) is 23.3 Å². The molecule has 0 amide bonds. The van der Waals surface area contributed by atoms with Crippen LogP contribution in [0.15, 0.2) is 109 Å². The normalized spacial score (nSPS) is 20.6. The Morgan fingerprint density at radius 3 is 1.93 bits per heavy atom. The lowest BCUT2D eigenvalue weighted by Gasteiger charge is -2.49. The molecule has 0 saturated heterocycles. The van der Waals surface area contributed by atoms with Crippen LogP contribution in [-0.2, 0) is 5.41 Å². The lowest BCUT2D eigenvalue weighted by atomic mass is 9.56. The summed E-state index contributed by atoms with van der Waals surface area (Å²) in [5.41, 5.74) is 8.46. The van der Waals surface area contributed by atoms with Crippen LogP contribution in [0, 0.1) is 34.5 Å². The van der Waals surface area contributed by atoms with Gasteiger partial charge < -0.3 is 0 Å². The van der Waals surface area contributed by atoms with Crippen molar-refractivity contribution in [2.24, 2.45) is 11.8 Å². The molecule has 3 atom stereocenters. The molecule has 1 aromatic heterocycles. The zero-order valence-electron chi connectivity index (χ0n) is 25.4. The molecule has 2 bridgehead atoms. The molecular formula is C40H33N5. The predicted molar refractivity (Wildman–Crippen MR) is 178 cm³/mol. The van der Waals surface area contributed by atoms with Crippen molar-refractivity contribution < 1.29 is 0 Å². The Morgan fingerprint density at radius 1 is 0.667 bits per heavy atom. The number of rotatable bonds is 5. The average Bonchev–Trinajstić information content (AvgIpc) is 3.07. The third kappa shape index (κ3) is 5.66. The van der Waals surface area contributed by atoms with Gasteiger partial charge in [-0.25, -0.2) is 15.0 Å². The topological polar surface area (TPSA) is 86.2 Å². The van der Waals surface area contributed by atoms with Crippen LogP contribution in [0.4, 0.5) is 0 Å². The van der Waals surface area contributed by atoms with Crippen LogP contribution in [-0.4, -0.2) is 15.0 Å². The Balaban J connectivity index is 1.29. The van der Waals surface area contributed by atoms with Gasteiger partial charge in [0.15, 0.2) is 17.5 Å². The van der Waals surface area contributed by atoms with Crippen LogP contribution in [0.1, 0.15) is 55.7 Å². The first kappa shape index (κ1) is 28.4. The minimum absolute atomic E-state index is 0.177. The van der Waals surface area contributed by atoms with E-state index < -0.39 is 0 Å². The first-order chi connectivity index (χ1) is 21.9. The summed E-state index contributed by atoms with van der Waals surface area (Å²) in [6, 6.07) is 36.3. The number of aromatic nitrogens is 3. The molecular weight excluding hydrogens is 550 g/mol. The van der Waals surface area contributed by atoms with Gasteiger partial charge in [0.1, 0.15) is 0 Å². The number of nitriles is 2. The van der Waals surface area contributed by atoms with Gasteiger partial charge in [-0.3, -0.25) is 0 Å². The van der Waals surface area contributed by atoms with E-state index in [2.05, 4.69) is 56.0 Å². The quantitative estimate of drug-likeness (QED) is 0.192. The molecule has 1 heterocycles. The second kappa shape index (κ2) is 11.6. The third-order valence-corrected chi connectivity index (χ3v) is 9.41. The number of benzene rings is 4. The summed E-state index contributed by atoms with van der Waals surface area (Å²) < 4.78 is 0. The lowest BCUT2D eigenvalue weighted by Crippen LogP contribution is -2.40. The molecule has 0 radical (unpaired) electrons. The summed E-state index contributed by atoms with van der Waals surface area (Å²) in [6.07, 6.45) is 6.00. The third-order valence-electron chi connectivity index (χ3n) is 9.41. The zero-order valence-corrected chi connectivity index (χ0v) is 25.4. The minimum Gasteiger partial charge on any atom is -0.208 e. The van der Waals surface area contributed by atoms with Crippen molar-refractivity contribution in [1.82, 2.24) is 15.0 Å². The molecule has 0 N–H and O–H groups in total. The summed E-state index contributed by atoms with van der Waals surface area (Å²) in [6.45, 7) is 6.81. The van der Waals surface area contributed by atoms with E-state index in [1.165, 1.54) is 36.8 Å². The minimum atomic E-state index is 0.177. The van der Waals surface area contributed by atoms with Crippen molar-refractivity contribution in [3.8, 4) is 57.4 Å². The van der Waals surface area contributed by atoms with E-state index in [4.69, 9.17) is 15.0 Å². The van der Waals surface area contributed by atoms with Crippen LogP contribution >= 0.6 is 0 Å². The summed E-state index contributed by atoms with van der Waals surface area (Å²) in [5.74, 6) is 2.99. The number of allylic oxidation sites excluding steroid dienone is 1. The highest BCUT2D eigenvalue weighted by Crippen LogP contribution is 2.53. The fourth-order valence-electron chi connectivity index (χ4n) is 7.68. The van der Waals surface area contributed by atoms with Crippen molar-refractivity contribution in [3.63, 3.8) is 0 Å². The average molecular weight is 584 g/mol. The molecule has 0 aliphatic heterocycles. The van der Waals surface area contributed by atoms with Gasteiger partial charge in [0, 0.05) is 16.7 Å². The molecule has 2 aliphatic carbocycles. The van der Waals surface area contributed by atoms with Gasteiger partial charge in [0.2, 0.25) is 0 Å². The van der Waals surface area contributed by atoms with E-state index >= 15 is 0 Å². The van der Waals surface area contributed by atoms with Gasteiger partial charge in [-0.05, 0) is 109 Å². The highest BCUT2D eigenvalue weighted by atomic mass is 15.0. The maximum atomic E-state index is 10.0. The summed E-state index contributed by atoms with van der Waals surface area (Å²) in [7, 11) is 0. The smallest absolute Gasteiger partial charge is 0.164 e. The highest BCUT2D eigenvalue weighted by Gasteiger charge is 2.44. The van der Waals surface area contributed by atoms with Gasteiger partial charge in [-0.1, -0.05) is 73.7 Å². The second-order valence-corrected chi connectivity index (χ2v) is 12.9. The van der Waals surface area contributed by atoms with E-state index in [1.54, 1.807) is 12.1 Å². The van der Waals surface area contributed by atoms with Gasteiger partial charge in [0.25, 0.3) is 0 Å². The summed E-state index contributed by atoms with van der Waals surface area (Å²) >= 11 is 0. The molecule has 7 rings (SSSR count). The standard InChI is InChI=1S/C40H33N5/c1-26-16-29-17-27(2)22-40(21-26,23-29)36-14-12-31(13-15-36)34-18-30(25-42)19-35(20-34)39-44-37(32-6-4-3-5-7-32)43-38(45-39)33-10-8-28(24-41)9-11-33/h3-15,18-20,27,29H,1,16-17,21-23H2,2H3/t27-,29+,40?/m0/s1. The highest BCUT2D eigenvalue weighted by molar-refractivity contribution is 5.74. The zero-order chi connectivity index (χ0) is 31.0. The molecule has 5 nitrogen and oxygen atoms in total. The van der Waals surface area contributed by atoms with Crippen LogP contribution in [0.2, 0.25) is 0 Å². The molecule has 45 heavy (non-hydrogen) atoms. The predicted octanol–water partition coefficient (Wildman–Crippen LogP) is 9.31. The van der Waals surface area contributed by atoms with E-state index in [0.29, 0.717) is 28.6 Å². The van der Waals surface area contributed by atoms with Crippen molar-refractivity contribution in [1.29, 1.82) is 10.5 Å². The molecule has 1 unspecified atom stereocenters. The monoisotopic (exact) mass is 583 g/mol. The largest absolute Gasteiger partial charge is 0.208 e. The molecule has 0 spiro atoms. The first-order valence-electron chi connectivity index (χ1n) is 15.6. The van der Waals surface area contributed by atoms with Gasteiger partial charge in [-0.15, -0.1) is 0 Å². The van der Waals surface area contributed by atoms with E-state index in [1.807, 2.05) is 54.6 Å². The summed E-state index contributed by atoms with van der Waals surface area (Å²) in [5, 5.41) is 19.3. The molecule has 2 aliphatic rings. The van der Waals surface area contributed by atoms with E-state index in [0.717, 1.165) is 46.1 Å². The molecule has 5 heteroatoms. The Hall–Kier alpha value is -5.39. The van der Waals surface area contributed by atoms with E-state index in [-0.39, 0.29) is 5.41 Å². The molecule has 4 aromatic carbocycles. The van der Waals surface area contributed by atoms with Crippen LogP contribution in [0.25, 0.3) is 45.3 Å². The van der Waals surface area contributed by atoms with Gasteiger partial charge in [-0.2, -0.15) is 10.5 Å². The fourth-order valence-corrected chi connectivity index (χ4v) is 7.68. The maximum Gasteiger partial charge on any atom is 0.164 e. The number of nitrogens with zero attached hydrogens (tertiary/aromatic N) is 5. The second-order valence-electron chi connectivity index (χ2n) is 12.9. The number of hydrogen-bond acceptors (Lipinski definition) is 5. The number of fused-ring (bicyclic) bond motifs is 2.